The zero-order valence-corrected chi connectivity index (χ0v) is 10.3. The van der Waals surface area contributed by atoms with Crippen molar-refractivity contribution in [1.82, 2.24) is 4.98 Å². The molecule has 0 aliphatic heterocycles. The van der Waals surface area contributed by atoms with Gasteiger partial charge in [-0.2, -0.15) is 0 Å². The number of rotatable bonds is 4. The summed E-state index contributed by atoms with van der Waals surface area (Å²) in [5.74, 6) is 0. The average Bonchev–Trinajstić information content (AvgIpc) is 2.58. The molecule has 0 aliphatic rings. The monoisotopic (exact) mass is 236 g/mol. The zero-order chi connectivity index (χ0) is 11.5. The second-order valence-electron chi connectivity index (χ2n) is 4.14. The number of aromatic nitrogens is 1. The van der Waals surface area contributed by atoms with Crippen LogP contribution < -0.4 is 5.73 Å². The maximum Gasteiger partial charge on any atom is 0.0648 e. The van der Waals surface area contributed by atoms with E-state index in [0.717, 1.165) is 36.3 Å². The van der Waals surface area contributed by atoms with E-state index in [-0.39, 0.29) is 0 Å². The predicted molar refractivity (Wildman–Crippen MR) is 70.0 cm³/mol. The van der Waals surface area contributed by atoms with Crippen LogP contribution in [0.15, 0.2) is 18.2 Å². The summed E-state index contributed by atoms with van der Waals surface area (Å²) in [6.07, 6.45) is 3.28. The number of hydrogen-bond donors (Lipinski definition) is 2. The second kappa shape index (κ2) is 4.89. The molecule has 16 heavy (non-hydrogen) atoms. The lowest BCUT2D eigenvalue weighted by Crippen LogP contribution is -1.99. The number of fused-ring (bicyclic) bond motifs is 1. The van der Waals surface area contributed by atoms with Gasteiger partial charge in [0.2, 0.25) is 0 Å². The summed E-state index contributed by atoms with van der Waals surface area (Å²) in [5, 5.41) is 2.05. The molecule has 1 heterocycles. The average molecular weight is 237 g/mol. The van der Waals surface area contributed by atoms with E-state index in [1.165, 1.54) is 16.6 Å². The Hall–Kier alpha value is -0.990. The Labute approximate surface area is 101 Å². The van der Waals surface area contributed by atoms with E-state index in [1.807, 2.05) is 12.1 Å². The largest absolute Gasteiger partial charge is 0.357 e. The van der Waals surface area contributed by atoms with Gasteiger partial charge in [0.15, 0.2) is 0 Å². The Morgan fingerprint density at radius 3 is 2.88 bits per heavy atom. The number of unbranched alkanes of at least 4 members (excludes halogenated alkanes) is 1. The molecule has 0 spiro atoms. The van der Waals surface area contributed by atoms with Gasteiger partial charge in [-0.3, -0.25) is 0 Å². The summed E-state index contributed by atoms with van der Waals surface area (Å²) in [4.78, 5) is 3.36. The van der Waals surface area contributed by atoms with Crippen LogP contribution in [0.5, 0.6) is 0 Å². The first-order valence-electron chi connectivity index (χ1n) is 5.69. The molecule has 0 saturated heterocycles. The molecule has 86 valence electrons. The highest BCUT2D eigenvalue weighted by Crippen LogP contribution is 2.28. The molecular weight excluding hydrogens is 220 g/mol. The van der Waals surface area contributed by atoms with Crippen LogP contribution in [-0.2, 0) is 6.42 Å². The summed E-state index contributed by atoms with van der Waals surface area (Å²) in [5.41, 5.74) is 9.18. The molecule has 0 atom stereocenters. The minimum atomic E-state index is 0.766. The number of halogens is 1. The number of para-hydroxylation sites is 1. The number of nitrogens with two attached hydrogens (primary N) is 1. The molecular formula is C13H17ClN2. The van der Waals surface area contributed by atoms with Gasteiger partial charge in [-0.1, -0.05) is 23.7 Å². The first-order chi connectivity index (χ1) is 7.74. The van der Waals surface area contributed by atoms with Gasteiger partial charge >= 0.3 is 0 Å². The molecule has 1 aromatic heterocycles. The van der Waals surface area contributed by atoms with Crippen molar-refractivity contribution in [2.24, 2.45) is 5.73 Å². The van der Waals surface area contributed by atoms with Gasteiger partial charge in [0.1, 0.15) is 0 Å². The second-order valence-corrected chi connectivity index (χ2v) is 4.54. The van der Waals surface area contributed by atoms with Gasteiger partial charge in [-0.25, -0.2) is 0 Å². The summed E-state index contributed by atoms with van der Waals surface area (Å²) in [6, 6.07) is 6.05. The zero-order valence-electron chi connectivity index (χ0n) is 9.52. The van der Waals surface area contributed by atoms with E-state index in [1.54, 1.807) is 0 Å². The van der Waals surface area contributed by atoms with Crippen LogP contribution >= 0.6 is 11.6 Å². The first-order valence-corrected chi connectivity index (χ1v) is 6.07. The third-order valence-electron chi connectivity index (χ3n) is 2.98. The maximum absolute atomic E-state index is 6.15. The van der Waals surface area contributed by atoms with E-state index >= 15 is 0 Å². The Bertz CT molecular complexity index is 488. The van der Waals surface area contributed by atoms with Crippen LogP contribution in [0.4, 0.5) is 0 Å². The number of H-pyrrole nitrogens is 1. The van der Waals surface area contributed by atoms with Crippen molar-refractivity contribution in [2.45, 2.75) is 26.2 Å². The van der Waals surface area contributed by atoms with Crippen molar-refractivity contribution in [1.29, 1.82) is 0 Å². The third kappa shape index (κ3) is 2.08. The lowest BCUT2D eigenvalue weighted by atomic mass is 10.0. The van der Waals surface area contributed by atoms with Crippen LogP contribution in [0.3, 0.4) is 0 Å². The molecule has 0 bridgehead atoms. The molecule has 2 aromatic rings. The molecule has 2 nitrogen and oxygen atoms in total. The van der Waals surface area contributed by atoms with Crippen LogP contribution in [0.25, 0.3) is 10.9 Å². The molecule has 1 aromatic carbocycles. The molecule has 0 fully saturated rings. The van der Waals surface area contributed by atoms with Crippen molar-refractivity contribution in [2.75, 3.05) is 6.54 Å². The van der Waals surface area contributed by atoms with Crippen molar-refractivity contribution >= 4 is 22.5 Å². The van der Waals surface area contributed by atoms with E-state index in [4.69, 9.17) is 17.3 Å². The number of aromatic amines is 1. The lowest BCUT2D eigenvalue weighted by molar-refractivity contribution is 0.744. The Morgan fingerprint density at radius 1 is 1.31 bits per heavy atom. The smallest absolute Gasteiger partial charge is 0.0648 e. The third-order valence-corrected chi connectivity index (χ3v) is 3.30. The van der Waals surface area contributed by atoms with E-state index in [9.17, 15) is 0 Å². The van der Waals surface area contributed by atoms with Crippen LogP contribution in [-0.4, -0.2) is 11.5 Å². The molecule has 0 unspecified atom stereocenters. The van der Waals surface area contributed by atoms with Gasteiger partial charge in [0, 0.05) is 11.1 Å². The van der Waals surface area contributed by atoms with E-state index in [0.29, 0.717) is 0 Å². The van der Waals surface area contributed by atoms with Crippen LogP contribution in [0.1, 0.15) is 24.1 Å². The van der Waals surface area contributed by atoms with Crippen LogP contribution in [0, 0.1) is 6.92 Å². The molecule has 2 rings (SSSR count). The quantitative estimate of drug-likeness (QED) is 0.785. The fraction of sp³-hybridized carbons (Fsp3) is 0.385. The Kier molecular flexibility index (Phi) is 3.52. The van der Waals surface area contributed by atoms with Gasteiger partial charge in [0.05, 0.1) is 10.5 Å². The Morgan fingerprint density at radius 2 is 2.12 bits per heavy atom. The molecule has 0 saturated carbocycles. The highest BCUT2D eigenvalue weighted by Gasteiger charge is 2.09. The fourth-order valence-corrected chi connectivity index (χ4v) is 2.36. The molecule has 3 N–H and O–H groups in total. The van der Waals surface area contributed by atoms with Crippen molar-refractivity contribution < 1.29 is 0 Å². The molecule has 0 aliphatic carbocycles. The number of nitrogens with one attached hydrogen (secondary N) is 1. The Balaban J connectivity index is 2.36. The minimum Gasteiger partial charge on any atom is -0.357 e. The van der Waals surface area contributed by atoms with Crippen molar-refractivity contribution in [3.63, 3.8) is 0 Å². The lowest BCUT2D eigenvalue weighted by Gasteiger charge is -2.00. The SMILES string of the molecule is Cc1[nH]c2c(Cl)cccc2c1CCCCN. The van der Waals surface area contributed by atoms with E-state index in [2.05, 4.69) is 18.0 Å². The molecule has 0 radical (unpaired) electrons. The van der Waals surface area contributed by atoms with Crippen LogP contribution in [0.2, 0.25) is 5.02 Å². The predicted octanol–water partition coefficient (Wildman–Crippen LogP) is 3.41. The van der Waals surface area contributed by atoms with Gasteiger partial charge in [-0.15, -0.1) is 0 Å². The molecule has 3 heteroatoms. The standard InChI is InChI=1S/C13H17ClN2/c1-9-10(5-2-3-8-15)11-6-4-7-12(14)13(11)16-9/h4,6-7,16H,2-3,5,8,15H2,1H3. The number of aryl methyl sites for hydroxylation is 2. The van der Waals surface area contributed by atoms with Gasteiger partial charge < -0.3 is 10.7 Å². The van der Waals surface area contributed by atoms with Gasteiger partial charge in [-0.05, 0) is 44.4 Å². The summed E-state index contributed by atoms with van der Waals surface area (Å²) in [7, 11) is 0. The van der Waals surface area contributed by atoms with Crippen molar-refractivity contribution in [3.8, 4) is 0 Å². The van der Waals surface area contributed by atoms with Crippen molar-refractivity contribution in [3.05, 3.63) is 34.5 Å². The highest BCUT2D eigenvalue weighted by molar-refractivity contribution is 6.35. The summed E-state index contributed by atoms with van der Waals surface area (Å²) < 4.78 is 0. The van der Waals surface area contributed by atoms with Gasteiger partial charge in [0.25, 0.3) is 0 Å². The fourth-order valence-electron chi connectivity index (χ4n) is 2.14. The topological polar surface area (TPSA) is 41.8 Å². The normalized spacial score (nSPS) is 11.2. The first kappa shape index (κ1) is 11.5. The summed E-state index contributed by atoms with van der Waals surface area (Å²) in [6.45, 7) is 2.87. The van der Waals surface area contributed by atoms with E-state index < -0.39 is 0 Å². The minimum absolute atomic E-state index is 0.766. The number of hydrogen-bond acceptors (Lipinski definition) is 1. The maximum atomic E-state index is 6.15. The number of benzene rings is 1. The molecule has 0 amide bonds. The summed E-state index contributed by atoms with van der Waals surface area (Å²) >= 11 is 6.15. The highest BCUT2D eigenvalue weighted by atomic mass is 35.5.